The van der Waals surface area contributed by atoms with E-state index in [0.29, 0.717) is 0 Å². The summed E-state index contributed by atoms with van der Waals surface area (Å²) in [5, 5.41) is 8.18. The molecule has 0 N–H and O–H groups in total. The summed E-state index contributed by atoms with van der Waals surface area (Å²) in [7, 11) is 0. The lowest BCUT2D eigenvalue weighted by atomic mass is 10.2. The zero-order chi connectivity index (χ0) is 9.78. The monoisotopic (exact) mass is 175 g/mol. The molecule has 0 saturated heterocycles. The van der Waals surface area contributed by atoms with Crippen molar-refractivity contribution in [1.82, 2.24) is 0 Å². The van der Waals surface area contributed by atoms with E-state index in [4.69, 9.17) is 5.26 Å². The molecule has 1 heteroatoms. The van der Waals surface area contributed by atoms with Crippen LogP contribution in [0.25, 0.3) is 0 Å². The minimum Gasteiger partial charge on any atom is -0.193 e. The first-order valence-corrected chi connectivity index (χ1v) is 4.78. The molecule has 0 aromatic heterocycles. The fraction of sp³-hybridized carbons (Fsp3) is 0.417. The molecule has 0 aromatic rings. The number of unbranched alkanes of at least 4 members (excludes halogenated alkanes) is 2. The Morgan fingerprint density at radius 2 is 1.69 bits per heavy atom. The fourth-order valence-electron chi connectivity index (χ4n) is 0.868. The third kappa shape index (κ3) is 10.7. The van der Waals surface area contributed by atoms with Gasteiger partial charge in [-0.1, -0.05) is 43.7 Å². The SMILES string of the molecule is CCC/C=C/CC/C=C/C=C/C#N. The van der Waals surface area contributed by atoms with Gasteiger partial charge in [-0.15, -0.1) is 0 Å². The van der Waals surface area contributed by atoms with E-state index in [1.165, 1.54) is 18.9 Å². The van der Waals surface area contributed by atoms with Crippen molar-refractivity contribution in [1.29, 1.82) is 5.26 Å². The van der Waals surface area contributed by atoms with E-state index in [1.54, 1.807) is 6.08 Å². The second-order valence-corrected chi connectivity index (χ2v) is 2.75. The van der Waals surface area contributed by atoms with Gasteiger partial charge in [0.2, 0.25) is 0 Å². The summed E-state index contributed by atoms with van der Waals surface area (Å²) in [5.41, 5.74) is 0. The highest BCUT2D eigenvalue weighted by Crippen LogP contribution is 1.96. The van der Waals surface area contributed by atoms with Crippen LogP contribution < -0.4 is 0 Å². The Labute approximate surface area is 81.1 Å². The van der Waals surface area contributed by atoms with Gasteiger partial charge in [-0.05, 0) is 19.3 Å². The van der Waals surface area contributed by atoms with Gasteiger partial charge in [-0.25, -0.2) is 0 Å². The number of nitrogens with zero attached hydrogens (tertiary/aromatic N) is 1. The minimum atomic E-state index is 1.05. The van der Waals surface area contributed by atoms with Crippen LogP contribution in [0.3, 0.4) is 0 Å². The summed E-state index contributed by atoms with van der Waals surface area (Å²) in [6, 6.07) is 1.94. The van der Waals surface area contributed by atoms with Gasteiger partial charge < -0.3 is 0 Å². The Hall–Kier alpha value is -1.29. The lowest BCUT2D eigenvalue weighted by Crippen LogP contribution is -1.65. The van der Waals surface area contributed by atoms with Gasteiger partial charge in [0, 0.05) is 6.08 Å². The third-order valence-electron chi connectivity index (χ3n) is 1.54. The van der Waals surface area contributed by atoms with Gasteiger partial charge in [-0.3, -0.25) is 0 Å². The molecular weight excluding hydrogens is 158 g/mol. The van der Waals surface area contributed by atoms with Crippen LogP contribution in [0.1, 0.15) is 32.6 Å². The van der Waals surface area contributed by atoms with Gasteiger partial charge >= 0.3 is 0 Å². The number of rotatable bonds is 6. The van der Waals surface area contributed by atoms with Crippen molar-refractivity contribution in [3.63, 3.8) is 0 Å². The number of allylic oxidation sites excluding steroid dienone is 6. The normalized spacial score (nSPS) is 11.7. The lowest BCUT2D eigenvalue weighted by Gasteiger charge is -1.86. The first-order chi connectivity index (χ1) is 6.41. The molecule has 13 heavy (non-hydrogen) atoms. The average molecular weight is 175 g/mol. The molecule has 0 bridgehead atoms. The Bertz CT molecular complexity index is 216. The first kappa shape index (κ1) is 11.7. The van der Waals surface area contributed by atoms with Gasteiger partial charge in [0.25, 0.3) is 0 Å². The smallest absolute Gasteiger partial charge is 0.0912 e. The molecule has 0 saturated carbocycles. The molecule has 70 valence electrons. The fourth-order valence-corrected chi connectivity index (χ4v) is 0.868. The summed E-state index contributed by atoms with van der Waals surface area (Å²) in [4.78, 5) is 0. The van der Waals surface area contributed by atoms with E-state index in [9.17, 15) is 0 Å². The Kier molecular flexibility index (Phi) is 9.65. The highest BCUT2D eigenvalue weighted by atomic mass is 14.2. The van der Waals surface area contributed by atoms with E-state index in [0.717, 1.165) is 12.8 Å². The van der Waals surface area contributed by atoms with E-state index in [1.807, 2.05) is 12.1 Å². The molecule has 0 radical (unpaired) electrons. The summed E-state index contributed by atoms with van der Waals surface area (Å²) >= 11 is 0. The molecule has 0 fully saturated rings. The molecule has 0 atom stereocenters. The van der Waals surface area contributed by atoms with Crippen LogP contribution in [0.4, 0.5) is 0 Å². The van der Waals surface area contributed by atoms with E-state index in [-0.39, 0.29) is 0 Å². The van der Waals surface area contributed by atoms with Crippen molar-refractivity contribution in [3.05, 3.63) is 36.5 Å². The largest absolute Gasteiger partial charge is 0.193 e. The van der Waals surface area contributed by atoms with Crippen LogP contribution in [0.15, 0.2) is 36.5 Å². The van der Waals surface area contributed by atoms with Crippen LogP contribution >= 0.6 is 0 Å². The molecule has 0 heterocycles. The first-order valence-electron chi connectivity index (χ1n) is 4.78. The maximum Gasteiger partial charge on any atom is 0.0912 e. The van der Waals surface area contributed by atoms with E-state index < -0.39 is 0 Å². The molecule has 0 unspecified atom stereocenters. The highest BCUT2D eigenvalue weighted by molar-refractivity contribution is 5.11. The van der Waals surface area contributed by atoms with Crippen molar-refractivity contribution in [3.8, 4) is 6.07 Å². The minimum absolute atomic E-state index is 1.05. The maximum atomic E-state index is 8.18. The van der Waals surface area contributed by atoms with Crippen molar-refractivity contribution >= 4 is 0 Å². The quantitative estimate of drug-likeness (QED) is 0.261. The van der Waals surface area contributed by atoms with Crippen LogP contribution in [-0.4, -0.2) is 0 Å². The number of hydrogen-bond acceptors (Lipinski definition) is 1. The molecule has 1 nitrogen and oxygen atoms in total. The Morgan fingerprint density at radius 1 is 1.00 bits per heavy atom. The second kappa shape index (κ2) is 10.7. The van der Waals surface area contributed by atoms with Crippen LogP contribution in [0.2, 0.25) is 0 Å². The van der Waals surface area contributed by atoms with Gasteiger partial charge in [0.15, 0.2) is 0 Å². The molecule has 0 amide bonds. The summed E-state index contributed by atoms with van der Waals surface area (Å²) < 4.78 is 0. The van der Waals surface area contributed by atoms with Crippen LogP contribution in [0, 0.1) is 11.3 Å². The van der Waals surface area contributed by atoms with Crippen molar-refractivity contribution in [2.24, 2.45) is 0 Å². The predicted octanol–water partition coefficient (Wildman–Crippen LogP) is 3.76. The van der Waals surface area contributed by atoms with Gasteiger partial charge in [0.05, 0.1) is 6.07 Å². The van der Waals surface area contributed by atoms with Crippen molar-refractivity contribution < 1.29 is 0 Å². The standard InChI is InChI=1S/C12H17N/c1-2-3-4-5-6-7-8-9-10-11-12-13/h4-5,8-11H,2-3,6-7H2,1H3/b5-4+,9-8+,11-10+. The van der Waals surface area contributed by atoms with Crippen LogP contribution in [0.5, 0.6) is 0 Å². The molecule has 0 aliphatic heterocycles. The zero-order valence-corrected chi connectivity index (χ0v) is 8.24. The Balaban J connectivity index is 3.30. The van der Waals surface area contributed by atoms with Gasteiger partial charge in [-0.2, -0.15) is 5.26 Å². The molecular formula is C12H17N. The predicted molar refractivity (Wildman–Crippen MR) is 57.2 cm³/mol. The molecule has 0 aliphatic carbocycles. The molecule has 0 spiro atoms. The van der Waals surface area contributed by atoms with E-state index >= 15 is 0 Å². The van der Waals surface area contributed by atoms with Gasteiger partial charge in [0.1, 0.15) is 0 Å². The maximum absolute atomic E-state index is 8.18. The molecule has 0 aliphatic rings. The number of nitriles is 1. The molecule has 0 rings (SSSR count). The van der Waals surface area contributed by atoms with Crippen LogP contribution in [-0.2, 0) is 0 Å². The molecule has 0 aromatic carbocycles. The summed E-state index contributed by atoms with van der Waals surface area (Å²) in [5.74, 6) is 0. The summed E-state index contributed by atoms with van der Waals surface area (Å²) in [6.07, 6.45) is 16.2. The average Bonchev–Trinajstić information content (AvgIpc) is 2.16. The summed E-state index contributed by atoms with van der Waals surface area (Å²) in [6.45, 7) is 2.18. The third-order valence-corrected chi connectivity index (χ3v) is 1.54. The Morgan fingerprint density at radius 3 is 2.38 bits per heavy atom. The zero-order valence-electron chi connectivity index (χ0n) is 8.24. The lowest BCUT2D eigenvalue weighted by molar-refractivity contribution is 0.943. The second-order valence-electron chi connectivity index (χ2n) is 2.75. The number of hydrogen-bond donors (Lipinski definition) is 0. The van der Waals surface area contributed by atoms with Crippen molar-refractivity contribution in [2.75, 3.05) is 0 Å². The topological polar surface area (TPSA) is 23.8 Å². The van der Waals surface area contributed by atoms with Crippen molar-refractivity contribution in [2.45, 2.75) is 32.6 Å². The van der Waals surface area contributed by atoms with E-state index in [2.05, 4.69) is 25.2 Å². The highest BCUT2D eigenvalue weighted by Gasteiger charge is 1.75.